The molecule has 0 spiro atoms. The van der Waals surface area contributed by atoms with Gasteiger partial charge in [0, 0.05) is 18.9 Å². The molecule has 0 radical (unpaired) electrons. The van der Waals surface area contributed by atoms with Gasteiger partial charge in [-0.05, 0) is 18.6 Å². The zero-order chi connectivity index (χ0) is 16.2. The Bertz CT molecular complexity index is 610. The smallest absolute Gasteiger partial charge is 0.370 e. The topological polar surface area (TPSA) is 63.8 Å². The average Bonchev–Trinajstić information content (AvgIpc) is 2.92. The van der Waals surface area contributed by atoms with Crippen LogP contribution in [0.1, 0.15) is 43.6 Å². The fraction of sp³-hybridized carbons (Fsp3) is 0.500. The van der Waals surface area contributed by atoms with Crippen molar-refractivity contribution in [3.05, 3.63) is 35.6 Å². The van der Waals surface area contributed by atoms with E-state index in [9.17, 15) is 13.2 Å². The summed E-state index contributed by atoms with van der Waals surface area (Å²) in [5.41, 5.74) is -0.907. The molecule has 0 aromatic carbocycles. The van der Waals surface area contributed by atoms with Crippen LogP contribution in [0, 0.1) is 0 Å². The van der Waals surface area contributed by atoms with Crippen LogP contribution in [-0.2, 0) is 12.6 Å². The van der Waals surface area contributed by atoms with Crippen LogP contribution in [-0.4, -0.2) is 21.7 Å². The van der Waals surface area contributed by atoms with E-state index in [2.05, 4.69) is 20.4 Å². The fourth-order valence-corrected chi connectivity index (χ4v) is 1.75. The van der Waals surface area contributed by atoms with Crippen LogP contribution >= 0.6 is 0 Å². The molecular formula is C14H17F3N4O. The summed E-state index contributed by atoms with van der Waals surface area (Å²) in [6.07, 6.45) is -3.22. The molecule has 120 valence electrons. The summed E-state index contributed by atoms with van der Waals surface area (Å²) in [5.74, 6) is 1.58. The van der Waals surface area contributed by atoms with Gasteiger partial charge in [-0.15, -0.1) is 0 Å². The molecule has 0 saturated carbocycles. The van der Waals surface area contributed by atoms with Gasteiger partial charge in [-0.3, -0.25) is 0 Å². The van der Waals surface area contributed by atoms with Crippen LogP contribution < -0.4 is 5.32 Å². The Hall–Kier alpha value is -2.12. The van der Waals surface area contributed by atoms with E-state index >= 15 is 0 Å². The zero-order valence-electron chi connectivity index (χ0n) is 12.3. The van der Waals surface area contributed by atoms with Crippen LogP contribution in [0.2, 0.25) is 0 Å². The molecule has 0 aliphatic rings. The highest BCUT2D eigenvalue weighted by Crippen LogP contribution is 2.28. The summed E-state index contributed by atoms with van der Waals surface area (Å²) in [6, 6.07) is 3.76. The first-order chi connectivity index (χ1) is 10.4. The first-order valence-electron chi connectivity index (χ1n) is 6.97. The van der Waals surface area contributed by atoms with E-state index in [1.807, 2.05) is 13.8 Å². The first kappa shape index (κ1) is 16.3. The predicted molar refractivity (Wildman–Crippen MR) is 74.4 cm³/mol. The van der Waals surface area contributed by atoms with Crippen molar-refractivity contribution in [2.24, 2.45) is 0 Å². The van der Waals surface area contributed by atoms with Gasteiger partial charge in [0.1, 0.15) is 11.5 Å². The van der Waals surface area contributed by atoms with Crippen LogP contribution in [0.3, 0.4) is 0 Å². The minimum atomic E-state index is -4.44. The molecule has 8 heteroatoms. The van der Waals surface area contributed by atoms with Crippen LogP contribution in [0.5, 0.6) is 0 Å². The number of pyridine rings is 1. The van der Waals surface area contributed by atoms with E-state index in [-0.39, 0.29) is 11.7 Å². The molecule has 0 fully saturated rings. The molecule has 2 aromatic heterocycles. The number of alkyl halides is 3. The maximum Gasteiger partial charge on any atom is 0.433 e. The molecule has 1 N–H and O–H groups in total. The number of hydrogen-bond donors (Lipinski definition) is 1. The SMILES string of the molecule is CC(C)c1noc(CCCNc2cccc(C(F)(F)F)n2)n1. The highest BCUT2D eigenvalue weighted by Gasteiger charge is 2.32. The number of rotatable bonds is 6. The monoisotopic (exact) mass is 314 g/mol. The molecule has 2 heterocycles. The van der Waals surface area contributed by atoms with E-state index in [0.717, 1.165) is 6.07 Å². The lowest BCUT2D eigenvalue weighted by Gasteiger charge is -2.08. The number of aryl methyl sites for hydroxylation is 1. The highest BCUT2D eigenvalue weighted by molar-refractivity contribution is 5.35. The first-order valence-corrected chi connectivity index (χ1v) is 6.97. The number of nitrogens with one attached hydrogen (secondary N) is 1. The Morgan fingerprint density at radius 1 is 1.23 bits per heavy atom. The lowest BCUT2D eigenvalue weighted by atomic mass is 10.2. The molecule has 2 aromatic rings. The van der Waals surface area contributed by atoms with Crippen molar-refractivity contribution in [3.63, 3.8) is 0 Å². The van der Waals surface area contributed by atoms with Crippen molar-refractivity contribution >= 4 is 5.82 Å². The molecule has 22 heavy (non-hydrogen) atoms. The van der Waals surface area contributed by atoms with Crippen molar-refractivity contribution in [3.8, 4) is 0 Å². The molecular weight excluding hydrogens is 297 g/mol. The standard InChI is InChI=1S/C14H17F3N4O/c1-9(2)13-20-12(22-21-13)7-4-8-18-11-6-3-5-10(19-11)14(15,16)17/h3,5-6,9H,4,7-8H2,1-2H3,(H,18,19). The number of halogens is 3. The molecule has 0 saturated heterocycles. The Morgan fingerprint density at radius 2 is 2.00 bits per heavy atom. The summed E-state index contributed by atoms with van der Waals surface area (Å²) in [6.45, 7) is 4.40. The quantitative estimate of drug-likeness (QED) is 0.825. The molecule has 2 rings (SSSR count). The summed E-state index contributed by atoms with van der Waals surface area (Å²) in [5, 5.41) is 6.70. The number of aromatic nitrogens is 3. The van der Waals surface area contributed by atoms with Gasteiger partial charge in [0.15, 0.2) is 5.82 Å². The van der Waals surface area contributed by atoms with E-state index < -0.39 is 11.9 Å². The van der Waals surface area contributed by atoms with E-state index in [1.54, 1.807) is 0 Å². The third kappa shape index (κ3) is 4.44. The third-order valence-electron chi connectivity index (χ3n) is 2.91. The molecule has 0 amide bonds. The van der Waals surface area contributed by atoms with Gasteiger partial charge in [0.25, 0.3) is 0 Å². The molecule has 0 bridgehead atoms. The van der Waals surface area contributed by atoms with Gasteiger partial charge >= 0.3 is 6.18 Å². The fourth-order valence-electron chi connectivity index (χ4n) is 1.75. The molecule has 0 unspecified atom stereocenters. The van der Waals surface area contributed by atoms with E-state index in [4.69, 9.17) is 4.52 Å². The van der Waals surface area contributed by atoms with Gasteiger partial charge in [0.05, 0.1) is 0 Å². The minimum Gasteiger partial charge on any atom is -0.370 e. The van der Waals surface area contributed by atoms with Crippen molar-refractivity contribution in [2.75, 3.05) is 11.9 Å². The van der Waals surface area contributed by atoms with Crippen LogP contribution in [0.4, 0.5) is 19.0 Å². The second-order valence-corrected chi connectivity index (χ2v) is 5.14. The highest BCUT2D eigenvalue weighted by atomic mass is 19.4. The number of anilines is 1. The summed E-state index contributed by atoms with van der Waals surface area (Å²) < 4.78 is 42.7. The van der Waals surface area contributed by atoms with E-state index in [0.29, 0.717) is 31.1 Å². The van der Waals surface area contributed by atoms with Crippen LogP contribution in [0.25, 0.3) is 0 Å². The second kappa shape index (κ2) is 6.76. The summed E-state index contributed by atoms with van der Waals surface area (Å²) >= 11 is 0. The molecule has 0 aliphatic heterocycles. The lowest BCUT2D eigenvalue weighted by molar-refractivity contribution is -0.141. The maximum atomic E-state index is 12.5. The predicted octanol–water partition coefficient (Wildman–Crippen LogP) is 3.65. The summed E-state index contributed by atoms with van der Waals surface area (Å²) in [7, 11) is 0. The largest absolute Gasteiger partial charge is 0.433 e. The average molecular weight is 314 g/mol. The Balaban J connectivity index is 1.81. The normalized spacial score (nSPS) is 11.9. The second-order valence-electron chi connectivity index (χ2n) is 5.14. The van der Waals surface area contributed by atoms with Gasteiger partial charge in [0.2, 0.25) is 5.89 Å². The molecule has 0 aliphatic carbocycles. The molecule has 5 nitrogen and oxygen atoms in total. The van der Waals surface area contributed by atoms with Gasteiger partial charge < -0.3 is 9.84 Å². The molecule has 0 atom stereocenters. The number of hydrogen-bond acceptors (Lipinski definition) is 5. The minimum absolute atomic E-state index is 0.197. The van der Waals surface area contributed by atoms with Gasteiger partial charge in [-0.25, -0.2) is 4.98 Å². The summed E-state index contributed by atoms with van der Waals surface area (Å²) in [4.78, 5) is 7.76. The lowest BCUT2D eigenvalue weighted by Crippen LogP contribution is -2.11. The Kier molecular flexibility index (Phi) is 4.99. The zero-order valence-corrected chi connectivity index (χ0v) is 12.3. The van der Waals surface area contributed by atoms with Gasteiger partial charge in [-0.2, -0.15) is 18.2 Å². The Labute approximate surface area is 125 Å². The van der Waals surface area contributed by atoms with Crippen molar-refractivity contribution in [1.82, 2.24) is 15.1 Å². The van der Waals surface area contributed by atoms with Crippen molar-refractivity contribution < 1.29 is 17.7 Å². The maximum absolute atomic E-state index is 12.5. The van der Waals surface area contributed by atoms with Crippen molar-refractivity contribution in [1.29, 1.82) is 0 Å². The number of nitrogens with zero attached hydrogens (tertiary/aromatic N) is 3. The van der Waals surface area contributed by atoms with Crippen molar-refractivity contribution in [2.45, 2.75) is 38.8 Å². The van der Waals surface area contributed by atoms with Gasteiger partial charge in [-0.1, -0.05) is 25.1 Å². The van der Waals surface area contributed by atoms with E-state index in [1.165, 1.54) is 12.1 Å². The third-order valence-corrected chi connectivity index (χ3v) is 2.91. The van der Waals surface area contributed by atoms with Crippen LogP contribution in [0.15, 0.2) is 22.7 Å². The Morgan fingerprint density at radius 3 is 2.64 bits per heavy atom.